The second-order valence-electron chi connectivity index (χ2n) is 9.13. The first kappa shape index (κ1) is 28.1. The van der Waals surface area contributed by atoms with Gasteiger partial charge in [0.2, 0.25) is 0 Å². The van der Waals surface area contributed by atoms with Crippen molar-refractivity contribution >= 4 is 39.8 Å². The second-order valence-corrected chi connectivity index (χ2v) is 9.13. The smallest absolute Gasteiger partial charge is 0.418 e. The Labute approximate surface area is 229 Å². The monoisotopic (exact) mass is 579 g/mol. The standard InChI is InChI=1S/C27H23F6N5O3/c1-40-21-11-15(25(39)38-7-9-41-10-8-38)5-6-19(21)36-22-13-20(23-18(27(31,32)33)14-34-24(23)37-22)35-17-4-2-3-16(12-17)26(28,29)30/h2-6,11-14H,7-10H2,1H3,(H3,34,35,36,37). The van der Waals surface area contributed by atoms with Crippen molar-refractivity contribution in [2.24, 2.45) is 0 Å². The van der Waals surface area contributed by atoms with E-state index in [1.807, 2.05) is 0 Å². The number of hydrogen-bond acceptors (Lipinski definition) is 6. The Morgan fingerprint density at radius 2 is 1.73 bits per heavy atom. The van der Waals surface area contributed by atoms with Crippen LogP contribution in [0, 0.1) is 0 Å². The average Bonchev–Trinajstić information content (AvgIpc) is 3.38. The molecular formula is C27H23F6N5O3. The molecule has 0 saturated carbocycles. The number of H-pyrrole nitrogens is 1. The van der Waals surface area contributed by atoms with E-state index in [0.29, 0.717) is 37.6 Å². The minimum atomic E-state index is -4.76. The summed E-state index contributed by atoms with van der Waals surface area (Å²) in [6.45, 7) is 1.76. The predicted molar refractivity (Wildman–Crippen MR) is 139 cm³/mol. The number of aromatic nitrogens is 2. The molecule has 1 fully saturated rings. The molecule has 2 aromatic heterocycles. The number of nitrogens with one attached hydrogen (secondary N) is 3. The Morgan fingerprint density at radius 1 is 0.976 bits per heavy atom. The van der Waals surface area contributed by atoms with Crippen molar-refractivity contribution in [1.82, 2.24) is 14.9 Å². The molecule has 0 atom stereocenters. The van der Waals surface area contributed by atoms with E-state index >= 15 is 0 Å². The number of methoxy groups -OCH3 is 1. The maximum Gasteiger partial charge on any atom is 0.418 e. The van der Waals surface area contributed by atoms with Crippen molar-refractivity contribution in [2.45, 2.75) is 12.4 Å². The summed E-state index contributed by atoms with van der Waals surface area (Å²) in [5.74, 6) is 0.116. The van der Waals surface area contributed by atoms with Gasteiger partial charge in [-0.05, 0) is 36.4 Å². The number of morpholine rings is 1. The van der Waals surface area contributed by atoms with E-state index in [4.69, 9.17) is 9.47 Å². The van der Waals surface area contributed by atoms with Crippen molar-refractivity contribution in [3.8, 4) is 5.75 Å². The maximum atomic E-state index is 13.8. The number of benzene rings is 2. The van der Waals surface area contributed by atoms with Crippen LogP contribution in [0.5, 0.6) is 5.75 Å². The number of hydrogen-bond donors (Lipinski definition) is 3. The quantitative estimate of drug-likeness (QED) is 0.224. The zero-order chi connectivity index (χ0) is 29.4. The molecule has 3 N–H and O–H groups in total. The Morgan fingerprint density at radius 3 is 2.41 bits per heavy atom. The normalized spacial score (nSPS) is 14.3. The van der Waals surface area contributed by atoms with Gasteiger partial charge in [-0.2, -0.15) is 26.3 Å². The first-order valence-corrected chi connectivity index (χ1v) is 12.3. The van der Waals surface area contributed by atoms with E-state index in [2.05, 4.69) is 20.6 Å². The van der Waals surface area contributed by atoms with E-state index in [1.165, 1.54) is 25.3 Å². The van der Waals surface area contributed by atoms with E-state index in [1.54, 1.807) is 17.0 Å². The lowest BCUT2D eigenvalue weighted by molar-refractivity contribution is -0.137. The Kier molecular flexibility index (Phi) is 7.43. The number of halogens is 6. The molecule has 1 amide bonds. The largest absolute Gasteiger partial charge is 0.495 e. The van der Waals surface area contributed by atoms with Crippen molar-refractivity contribution in [2.75, 3.05) is 44.0 Å². The van der Waals surface area contributed by atoms with Gasteiger partial charge in [-0.15, -0.1) is 0 Å². The van der Waals surface area contributed by atoms with Crippen LogP contribution in [-0.4, -0.2) is 54.2 Å². The SMILES string of the molecule is COc1cc(C(=O)N2CCOCC2)ccc1Nc1cc(Nc2cccc(C(F)(F)F)c2)c2c(C(F)(F)F)c[nH]c2n1. The third-order valence-electron chi connectivity index (χ3n) is 6.43. The molecule has 0 aliphatic carbocycles. The molecule has 5 rings (SSSR count). The van der Waals surface area contributed by atoms with Crippen LogP contribution >= 0.6 is 0 Å². The van der Waals surface area contributed by atoms with Gasteiger partial charge in [-0.25, -0.2) is 4.98 Å². The van der Waals surface area contributed by atoms with Gasteiger partial charge in [0.15, 0.2) is 0 Å². The van der Waals surface area contributed by atoms with Gasteiger partial charge in [-0.3, -0.25) is 4.79 Å². The van der Waals surface area contributed by atoms with Crippen LogP contribution in [0.15, 0.2) is 54.7 Å². The molecular weight excluding hydrogens is 556 g/mol. The highest BCUT2D eigenvalue weighted by molar-refractivity contribution is 5.97. The molecule has 8 nitrogen and oxygen atoms in total. The van der Waals surface area contributed by atoms with E-state index in [9.17, 15) is 31.1 Å². The number of amides is 1. The molecule has 1 aliphatic rings. The van der Waals surface area contributed by atoms with Gasteiger partial charge in [0.25, 0.3) is 5.91 Å². The molecule has 0 bridgehead atoms. The molecule has 0 unspecified atom stereocenters. The number of anilines is 4. The zero-order valence-electron chi connectivity index (χ0n) is 21.4. The topological polar surface area (TPSA) is 91.5 Å². The molecule has 4 aromatic rings. The average molecular weight is 580 g/mol. The lowest BCUT2D eigenvalue weighted by Gasteiger charge is -2.27. The van der Waals surface area contributed by atoms with Crippen LogP contribution in [0.25, 0.3) is 11.0 Å². The van der Waals surface area contributed by atoms with E-state index in [0.717, 1.165) is 24.4 Å². The first-order valence-electron chi connectivity index (χ1n) is 12.3. The highest BCUT2D eigenvalue weighted by atomic mass is 19.4. The molecule has 14 heteroatoms. The summed E-state index contributed by atoms with van der Waals surface area (Å²) >= 11 is 0. The molecule has 3 heterocycles. The van der Waals surface area contributed by atoms with E-state index in [-0.39, 0.29) is 39.9 Å². The summed E-state index contributed by atoms with van der Waals surface area (Å²) in [6, 6.07) is 10.0. The van der Waals surface area contributed by atoms with Crippen molar-refractivity contribution in [3.05, 3.63) is 71.4 Å². The third kappa shape index (κ3) is 6.01. The number of aromatic amines is 1. The number of nitrogens with zero attached hydrogens (tertiary/aromatic N) is 2. The number of carbonyl (C=O) groups excluding carboxylic acids is 1. The van der Waals surface area contributed by atoms with Crippen molar-refractivity contribution in [1.29, 1.82) is 0 Å². The number of carbonyl (C=O) groups is 1. The minimum absolute atomic E-state index is 0.0631. The van der Waals surface area contributed by atoms with Crippen LogP contribution in [0.4, 0.5) is 49.2 Å². The lowest BCUT2D eigenvalue weighted by atomic mass is 10.1. The highest BCUT2D eigenvalue weighted by Crippen LogP contribution is 2.41. The predicted octanol–water partition coefficient (Wildman–Crippen LogP) is 6.57. The Hall–Kier alpha value is -4.46. The lowest BCUT2D eigenvalue weighted by Crippen LogP contribution is -2.40. The second kappa shape index (κ2) is 10.8. The van der Waals surface area contributed by atoms with Crippen molar-refractivity contribution < 1.29 is 40.6 Å². The van der Waals surface area contributed by atoms with Gasteiger partial charge in [0, 0.05) is 36.6 Å². The highest BCUT2D eigenvalue weighted by Gasteiger charge is 2.35. The summed E-state index contributed by atoms with van der Waals surface area (Å²) in [4.78, 5) is 21.3. The Balaban J connectivity index is 1.51. The number of pyridine rings is 1. The fourth-order valence-corrected chi connectivity index (χ4v) is 4.46. The van der Waals surface area contributed by atoms with Gasteiger partial charge < -0.3 is 30.0 Å². The summed E-state index contributed by atoms with van der Waals surface area (Å²) in [7, 11) is 1.39. The van der Waals surface area contributed by atoms with Gasteiger partial charge >= 0.3 is 12.4 Å². The number of ether oxygens (including phenoxy) is 2. The van der Waals surface area contributed by atoms with Gasteiger partial charge in [0.05, 0.1) is 48.2 Å². The maximum absolute atomic E-state index is 13.8. The summed E-state index contributed by atoms with van der Waals surface area (Å²) in [5, 5.41) is 5.30. The van der Waals surface area contributed by atoms with Gasteiger partial charge in [0.1, 0.15) is 17.2 Å². The summed E-state index contributed by atoms with van der Waals surface area (Å²) in [5.41, 5.74) is -1.65. The van der Waals surface area contributed by atoms with Crippen LogP contribution in [0.3, 0.4) is 0 Å². The third-order valence-corrected chi connectivity index (χ3v) is 6.43. The summed E-state index contributed by atoms with van der Waals surface area (Å²) in [6.07, 6.45) is -8.66. The molecule has 2 aromatic carbocycles. The van der Waals surface area contributed by atoms with Gasteiger partial charge in [-0.1, -0.05) is 6.07 Å². The number of alkyl halides is 6. The van der Waals surface area contributed by atoms with Crippen LogP contribution in [-0.2, 0) is 17.1 Å². The number of fused-ring (bicyclic) bond motifs is 1. The fraction of sp³-hybridized carbons (Fsp3) is 0.259. The molecule has 1 aliphatic heterocycles. The molecule has 41 heavy (non-hydrogen) atoms. The first-order chi connectivity index (χ1) is 19.4. The molecule has 1 saturated heterocycles. The van der Waals surface area contributed by atoms with E-state index < -0.39 is 23.5 Å². The van der Waals surface area contributed by atoms with Crippen LogP contribution in [0.1, 0.15) is 21.5 Å². The molecule has 0 spiro atoms. The fourth-order valence-electron chi connectivity index (χ4n) is 4.46. The van der Waals surface area contributed by atoms with Crippen molar-refractivity contribution in [3.63, 3.8) is 0 Å². The molecule has 0 radical (unpaired) electrons. The zero-order valence-corrected chi connectivity index (χ0v) is 21.4. The minimum Gasteiger partial charge on any atom is -0.495 e. The summed E-state index contributed by atoms with van der Waals surface area (Å²) < 4.78 is 91.8. The molecule has 216 valence electrons. The van der Waals surface area contributed by atoms with Crippen LogP contribution < -0.4 is 15.4 Å². The van der Waals surface area contributed by atoms with Crippen LogP contribution in [0.2, 0.25) is 0 Å². The number of rotatable bonds is 6. The Bertz CT molecular complexity index is 1580.